The van der Waals surface area contributed by atoms with E-state index in [9.17, 15) is 9.18 Å². The summed E-state index contributed by atoms with van der Waals surface area (Å²) in [4.78, 5) is 16.1. The molecule has 23 heavy (non-hydrogen) atoms. The molecule has 1 aliphatic carbocycles. The van der Waals surface area contributed by atoms with E-state index in [2.05, 4.69) is 26.2 Å². The molecule has 1 saturated carbocycles. The van der Waals surface area contributed by atoms with Gasteiger partial charge in [-0.1, -0.05) is 0 Å². The molecule has 0 aromatic carbocycles. The Morgan fingerprint density at radius 3 is 2.65 bits per heavy atom. The molecule has 1 fully saturated rings. The first-order valence-corrected chi connectivity index (χ1v) is 8.88. The third-order valence-corrected chi connectivity index (χ3v) is 4.86. The highest BCUT2D eigenvalue weighted by Gasteiger charge is 2.33. The van der Waals surface area contributed by atoms with Crippen LogP contribution in [0.15, 0.2) is 16.9 Å². The number of carbonyl (C=O) groups is 1. The van der Waals surface area contributed by atoms with Crippen LogP contribution in [0.3, 0.4) is 0 Å². The van der Waals surface area contributed by atoms with Crippen LogP contribution >= 0.6 is 15.9 Å². The van der Waals surface area contributed by atoms with Gasteiger partial charge in [-0.25, -0.2) is 14.2 Å². The summed E-state index contributed by atoms with van der Waals surface area (Å²) in [5, 5.41) is 3.41. The lowest BCUT2D eigenvalue weighted by molar-refractivity contribution is 0.0527. The largest absolute Gasteiger partial charge is 0.462 e. The Hall–Kier alpha value is -1.17. The highest BCUT2D eigenvalue weighted by molar-refractivity contribution is 9.10. The van der Waals surface area contributed by atoms with Crippen LogP contribution in [0.25, 0.3) is 0 Å². The van der Waals surface area contributed by atoms with Crippen molar-refractivity contribution >= 4 is 27.6 Å². The van der Waals surface area contributed by atoms with Crippen LogP contribution < -0.4 is 5.32 Å². The van der Waals surface area contributed by atoms with E-state index < -0.39 is 5.67 Å². The lowest BCUT2D eigenvalue weighted by atomic mass is 9.78. The van der Waals surface area contributed by atoms with Crippen molar-refractivity contribution in [2.24, 2.45) is 5.92 Å². The molecule has 0 unspecified atom stereocenters. The molecule has 4 nitrogen and oxygen atoms in total. The monoisotopic (exact) mass is 386 g/mol. The van der Waals surface area contributed by atoms with Gasteiger partial charge in [-0.05, 0) is 74.4 Å². The average molecular weight is 387 g/mol. The molecule has 0 spiro atoms. The zero-order valence-electron chi connectivity index (χ0n) is 13.9. The molecule has 1 aromatic heterocycles. The molecule has 0 saturated heterocycles. The Labute approximate surface area is 145 Å². The number of nitrogens with zero attached hydrogens (tertiary/aromatic N) is 1. The second-order valence-electron chi connectivity index (χ2n) is 6.53. The van der Waals surface area contributed by atoms with Gasteiger partial charge in [0, 0.05) is 12.2 Å². The van der Waals surface area contributed by atoms with Gasteiger partial charge in [0.25, 0.3) is 0 Å². The topological polar surface area (TPSA) is 51.2 Å². The summed E-state index contributed by atoms with van der Waals surface area (Å²) in [7, 11) is 0. The molecule has 1 aliphatic rings. The fourth-order valence-electron chi connectivity index (χ4n) is 3.06. The number of halogens is 2. The highest BCUT2D eigenvalue weighted by Crippen LogP contribution is 2.36. The molecule has 6 heteroatoms. The average Bonchev–Trinajstić information content (AvgIpc) is 2.47. The first-order chi connectivity index (χ1) is 10.8. The minimum absolute atomic E-state index is 0.106. The first-order valence-electron chi connectivity index (χ1n) is 8.09. The molecular formula is C17H24BrFN2O2. The number of rotatable bonds is 5. The van der Waals surface area contributed by atoms with E-state index in [0.717, 1.165) is 25.7 Å². The molecule has 0 amide bonds. The smallest absolute Gasteiger partial charge is 0.341 e. The third-order valence-electron chi connectivity index (χ3n) is 4.42. The van der Waals surface area contributed by atoms with E-state index in [0.29, 0.717) is 22.5 Å². The first kappa shape index (κ1) is 18.2. The molecule has 0 radical (unpaired) electrons. The summed E-state index contributed by atoms with van der Waals surface area (Å²) < 4.78 is 19.8. The summed E-state index contributed by atoms with van der Waals surface area (Å²) in [6.07, 6.45) is 4.99. The van der Waals surface area contributed by atoms with Crippen molar-refractivity contribution in [1.29, 1.82) is 0 Å². The van der Waals surface area contributed by atoms with Crippen molar-refractivity contribution in [3.8, 4) is 0 Å². The highest BCUT2D eigenvalue weighted by atomic mass is 79.9. The van der Waals surface area contributed by atoms with Crippen LogP contribution in [0.2, 0.25) is 0 Å². The zero-order chi connectivity index (χ0) is 17.0. The van der Waals surface area contributed by atoms with E-state index in [4.69, 9.17) is 4.74 Å². The summed E-state index contributed by atoms with van der Waals surface area (Å²) in [5.74, 6) is -0.275. The maximum Gasteiger partial charge on any atom is 0.341 e. The van der Waals surface area contributed by atoms with Gasteiger partial charge in [-0.3, -0.25) is 0 Å². The molecule has 0 atom stereocenters. The van der Waals surface area contributed by atoms with E-state index in [1.165, 1.54) is 6.20 Å². The lowest BCUT2D eigenvalue weighted by Crippen LogP contribution is -2.34. The third kappa shape index (κ3) is 4.90. The van der Waals surface area contributed by atoms with Gasteiger partial charge in [-0.2, -0.15) is 0 Å². The van der Waals surface area contributed by atoms with Gasteiger partial charge in [0.2, 0.25) is 0 Å². The molecule has 1 heterocycles. The van der Waals surface area contributed by atoms with Crippen molar-refractivity contribution in [1.82, 2.24) is 4.98 Å². The number of carbonyl (C=O) groups excluding carboxylic acids is 1. The quantitative estimate of drug-likeness (QED) is 0.586. The van der Waals surface area contributed by atoms with Gasteiger partial charge in [0.05, 0.1) is 12.3 Å². The van der Waals surface area contributed by atoms with Gasteiger partial charge in [-0.15, -0.1) is 0 Å². The van der Waals surface area contributed by atoms with E-state index in [-0.39, 0.29) is 17.9 Å². The molecule has 1 N–H and O–H groups in total. The summed E-state index contributed by atoms with van der Waals surface area (Å²) in [5.41, 5.74) is 0.0251. The van der Waals surface area contributed by atoms with Crippen molar-refractivity contribution in [3.05, 3.63) is 22.4 Å². The number of hydrogen-bond acceptors (Lipinski definition) is 4. The Kier molecular flexibility index (Phi) is 6.00. The van der Waals surface area contributed by atoms with Crippen LogP contribution in [0, 0.1) is 5.92 Å². The predicted molar refractivity (Wildman–Crippen MR) is 92.4 cm³/mol. The second kappa shape index (κ2) is 7.60. The van der Waals surface area contributed by atoms with Crippen LogP contribution in [-0.4, -0.2) is 29.3 Å². The van der Waals surface area contributed by atoms with Crippen molar-refractivity contribution in [2.45, 2.75) is 58.2 Å². The maximum absolute atomic E-state index is 14.0. The number of anilines is 1. The fraction of sp³-hybridized carbons (Fsp3) is 0.647. The second-order valence-corrected chi connectivity index (χ2v) is 7.34. The number of nitrogens with one attached hydrogen (secondary N) is 1. The molecule has 2 rings (SSSR count). The SMILES string of the molecule is CCOC(=O)c1cnc(Br)cc1NC1CCC(C(C)(C)F)CC1. The van der Waals surface area contributed by atoms with Gasteiger partial charge in [0.15, 0.2) is 0 Å². The van der Waals surface area contributed by atoms with Crippen molar-refractivity contribution < 1.29 is 13.9 Å². The van der Waals surface area contributed by atoms with E-state index in [1.54, 1.807) is 26.8 Å². The molecular weight excluding hydrogens is 363 g/mol. The summed E-state index contributed by atoms with van der Waals surface area (Å²) in [6.45, 7) is 5.41. The Bertz CT molecular complexity index is 552. The normalized spacial score (nSPS) is 21.8. The van der Waals surface area contributed by atoms with E-state index in [1.807, 2.05) is 0 Å². The van der Waals surface area contributed by atoms with Gasteiger partial charge in [0.1, 0.15) is 15.8 Å². The van der Waals surface area contributed by atoms with Crippen LogP contribution in [-0.2, 0) is 4.74 Å². The fourth-order valence-corrected chi connectivity index (χ4v) is 3.40. The minimum Gasteiger partial charge on any atom is -0.462 e. The molecule has 1 aromatic rings. The van der Waals surface area contributed by atoms with Gasteiger partial charge >= 0.3 is 5.97 Å². The Balaban J connectivity index is 2.06. The number of hydrogen-bond donors (Lipinski definition) is 1. The Morgan fingerprint density at radius 2 is 2.09 bits per heavy atom. The number of ether oxygens (including phenoxy) is 1. The standard InChI is InChI=1S/C17H24BrFN2O2/c1-4-23-16(22)13-10-20-15(18)9-14(13)21-12-7-5-11(6-8-12)17(2,3)19/h9-12H,4-8H2,1-3H3,(H,20,21). The maximum atomic E-state index is 14.0. The summed E-state index contributed by atoms with van der Waals surface area (Å²) >= 11 is 3.33. The minimum atomic E-state index is -1.12. The van der Waals surface area contributed by atoms with Crippen LogP contribution in [0.1, 0.15) is 56.8 Å². The number of alkyl halides is 1. The Morgan fingerprint density at radius 1 is 1.43 bits per heavy atom. The zero-order valence-corrected chi connectivity index (χ0v) is 15.5. The number of esters is 1. The van der Waals surface area contributed by atoms with Crippen molar-refractivity contribution in [3.63, 3.8) is 0 Å². The van der Waals surface area contributed by atoms with Crippen molar-refractivity contribution in [2.75, 3.05) is 11.9 Å². The summed E-state index contributed by atoms with van der Waals surface area (Å²) in [6, 6.07) is 2.02. The van der Waals surface area contributed by atoms with Crippen LogP contribution in [0.5, 0.6) is 0 Å². The van der Waals surface area contributed by atoms with E-state index >= 15 is 0 Å². The number of pyridine rings is 1. The molecule has 0 bridgehead atoms. The molecule has 0 aliphatic heterocycles. The molecule has 128 valence electrons. The number of aromatic nitrogens is 1. The predicted octanol–water partition coefficient (Wildman–Crippen LogP) is 4.74. The van der Waals surface area contributed by atoms with Gasteiger partial charge < -0.3 is 10.1 Å². The van der Waals surface area contributed by atoms with Crippen LogP contribution in [0.4, 0.5) is 10.1 Å². The lowest BCUT2D eigenvalue weighted by Gasteiger charge is -2.35.